The molecule has 0 spiro atoms. The molecule has 6 heteroatoms. The lowest BCUT2D eigenvalue weighted by molar-refractivity contribution is -0.117. The molecule has 4 rings (SSSR count). The van der Waals surface area contributed by atoms with Crippen molar-refractivity contribution in [2.45, 2.75) is 37.1 Å². The van der Waals surface area contributed by atoms with Crippen LogP contribution in [0.15, 0.2) is 36.7 Å². The zero-order valence-corrected chi connectivity index (χ0v) is 15.2. The minimum absolute atomic E-state index is 0.162. The molecule has 1 unspecified atom stereocenters. The summed E-state index contributed by atoms with van der Waals surface area (Å²) in [5.41, 5.74) is 2.35. The highest BCUT2D eigenvalue weighted by atomic mass is 35.5. The Bertz CT molecular complexity index is 783. The smallest absolute Gasteiger partial charge is 0.228 e. The fourth-order valence-electron chi connectivity index (χ4n) is 3.97. The quantitative estimate of drug-likeness (QED) is 0.894. The fraction of sp³-hybridized carbons (Fsp3) is 0.474. The molecule has 1 aromatic carbocycles. The van der Waals surface area contributed by atoms with E-state index < -0.39 is 0 Å². The molecule has 5 nitrogen and oxygen atoms in total. The van der Waals surface area contributed by atoms with Gasteiger partial charge in [0.05, 0.1) is 11.9 Å². The highest BCUT2D eigenvalue weighted by molar-refractivity contribution is 6.30. The number of amides is 1. The van der Waals surface area contributed by atoms with Gasteiger partial charge >= 0.3 is 0 Å². The molecule has 1 aliphatic carbocycles. The van der Waals surface area contributed by atoms with Crippen molar-refractivity contribution in [2.24, 2.45) is 7.05 Å². The Kier molecular flexibility index (Phi) is 4.29. The number of hydrogen-bond donors (Lipinski definition) is 1. The Balaban J connectivity index is 1.42. The summed E-state index contributed by atoms with van der Waals surface area (Å²) in [6, 6.07) is 8.40. The van der Waals surface area contributed by atoms with Gasteiger partial charge in [0, 0.05) is 49.2 Å². The van der Waals surface area contributed by atoms with E-state index in [1.54, 1.807) is 10.9 Å². The predicted molar refractivity (Wildman–Crippen MR) is 98.9 cm³/mol. The molecule has 1 saturated heterocycles. The monoisotopic (exact) mass is 358 g/mol. The van der Waals surface area contributed by atoms with Crippen molar-refractivity contribution in [1.82, 2.24) is 15.1 Å². The van der Waals surface area contributed by atoms with Crippen LogP contribution in [0.4, 0.5) is 5.69 Å². The van der Waals surface area contributed by atoms with Gasteiger partial charge in [-0.3, -0.25) is 9.48 Å². The van der Waals surface area contributed by atoms with Crippen molar-refractivity contribution in [3.05, 3.63) is 47.2 Å². The summed E-state index contributed by atoms with van der Waals surface area (Å²) < 4.78 is 1.73. The van der Waals surface area contributed by atoms with Gasteiger partial charge in [0.15, 0.2) is 0 Å². The number of rotatable bonds is 5. The molecule has 0 bridgehead atoms. The standard InChI is InChI=1S/C19H23ClN4O/c1-23-12-17(10-22-23)24-11-16(9-18(24)25)21-13-19(6-3-7-19)14-4-2-5-15(20)8-14/h2,4-5,8,10,12,16,21H,3,6-7,9,11,13H2,1H3. The van der Waals surface area contributed by atoms with E-state index in [1.807, 2.05) is 30.3 Å². The van der Waals surface area contributed by atoms with Gasteiger partial charge in [-0.05, 0) is 30.5 Å². The van der Waals surface area contributed by atoms with Crippen LogP contribution in [0.25, 0.3) is 0 Å². The maximum atomic E-state index is 12.3. The van der Waals surface area contributed by atoms with Gasteiger partial charge in [0.25, 0.3) is 0 Å². The molecule has 1 saturated carbocycles. The van der Waals surface area contributed by atoms with E-state index in [0.29, 0.717) is 13.0 Å². The van der Waals surface area contributed by atoms with Crippen LogP contribution in [0.1, 0.15) is 31.2 Å². The van der Waals surface area contributed by atoms with E-state index >= 15 is 0 Å². The molecule has 2 fully saturated rings. The van der Waals surface area contributed by atoms with Crippen molar-refractivity contribution in [3.8, 4) is 0 Å². The summed E-state index contributed by atoms with van der Waals surface area (Å²) in [5, 5.41) is 8.61. The Hall–Kier alpha value is -1.85. The summed E-state index contributed by atoms with van der Waals surface area (Å²) in [6.45, 7) is 1.60. The normalized spacial score (nSPS) is 22.2. The molecule has 0 radical (unpaired) electrons. The first-order valence-corrected chi connectivity index (χ1v) is 9.22. The third-order valence-corrected chi connectivity index (χ3v) is 5.84. The van der Waals surface area contributed by atoms with Gasteiger partial charge < -0.3 is 10.2 Å². The summed E-state index contributed by atoms with van der Waals surface area (Å²) >= 11 is 6.19. The Morgan fingerprint density at radius 2 is 2.24 bits per heavy atom. The second-order valence-electron chi connectivity index (χ2n) is 7.30. The molecule has 2 aromatic rings. The first-order chi connectivity index (χ1) is 12.1. The maximum absolute atomic E-state index is 12.3. The van der Waals surface area contributed by atoms with Crippen molar-refractivity contribution in [2.75, 3.05) is 18.0 Å². The van der Waals surface area contributed by atoms with Gasteiger partial charge in [-0.15, -0.1) is 0 Å². The van der Waals surface area contributed by atoms with Crippen molar-refractivity contribution < 1.29 is 4.79 Å². The highest BCUT2D eigenvalue weighted by Gasteiger charge is 2.40. The minimum Gasteiger partial charge on any atom is -0.311 e. The number of hydrogen-bond acceptors (Lipinski definition) is 3. The molecule has 132 valence electrons. The van der Waals surface area contributed by atoms with Gasteiger partial charge in [0.2, 0.25) is 5.91 Å². The van der Waals surface area contributed by atoms with Crippen LogP contribution in [0.3, 0.4) is 0 Å². The van der Waals surface area contributed by atoms with Crippen LogP contribution in [-0.2, 0) is 17.3 Å². The lowest BCUT2D eigenvalue weighted by Gasteiger charge is -2.43. The number of carbonyl (C=O) groups excluding carboxylic acids is 1. The third-order valence-electron chi connectivity index (χ3n) is 5.60. The third kappa shape index (κ3) is 3.18. The first-order valence-electron chi connectivity index (χ1n) is 8.84. The fourth-order valence-corrected chi connectivity index (χ4v) is 4.16. The average Bonchev–Trinajstić information content (AvgIpc) is 3.12. The van der Waals surface area contributed by atoms with E-state index in [0.717, 1.165) is 17.3 Å². The summed E-state index contributed by atoms with van der Waals surface area (Å²) in [5.74, 6) is 0.163. The lowest BCUT2D eigenvalue weighted by Crippen LogP contribution is -2.47. The van der Waals surface area contributed by atoms with Crippen LogP contribution in [0.2, 0.25) is 5.02 Å². The van der Waals surface area contributed by atoms with Gasteiger partial charge in [-0.25, -0.2) is 0 Å². The number of nitrogens with zero attached hydrogens (tertiary/aromatic N) is 3. The molecular formula is C19H23ClN4O. The molecule has 1 aromatic heterocycles. The van der Waals surface area contributed by atoms with Crippen LogP contribution in [0, 0.1) is 0 Å². The van der Waals surface area contributed by atoms with Crippen molar-refractivity contribution >= 4 is 23.2 Å². The molecule has 1 aliphatic heterocycles. The van der Waals surface area contributed by atoms with Crippen LogP contribution in [-0.4, -0.2) is 34.8 Å². The van der Waals surface area contributed by atoms with Crippen LogP contribution >= 0.6 is 11.6 Å². The number of nitrogens with one attached hydrogen (secondary N) is 1. The van der Waals surface area contributed by atoms with E-state index in [9.17, 15) is 4.79 Å². The van der Waals surface area contributed by atoms with Crippen LogP contribution < -0.4 is 10.2 Å². The molecule has 2 aliphatic rings. The number of carbonyl (C=O) groups is 1. The SMILES string of the molecule is Cn1cc(N2CC(NCC3(c4cccc(Cl)c4)CCC3)CC2=O)cn1. The van der Waals surface area contributed by atoms with Crippen molar-refractivity contribution in [3.63, 3.8) is 0 Å². The molecule has 1 amide bonds. The molecule has 2 heterocycles. The molecule has 1 atom stereocenters. The number of anilines is 1. The second kappa shape index (κ2) is 6.46. The summed E-state index contributed by atoms with van der Waals surface area (Å²) in [7, 11) is 1.87. The largest absolute Gasteiger partial charge is 0.311 e. The average molecular weight is 359 g/mol. The Morgan fingerprint density at radius 1 is 1.40 bits per heavy atom. The minimum atomic E-state index is 0.162. The van der Waals surface area contributed by atoms with E-state index in [4.69, 9.17) is 11.6 Å². The Morgan fingerprint density at radius 3 is 2.88 bits per heavy atom. The van der Waals surface area contributed by atoms with E-state index in [1.165, 1.54) is 24.8 Å². The van der Waals surface area contributed by atoms with Gasteiger partial charge in [-0.1, -0.05) is 30.2 Å². The number of aromatic nitrogens is 2. The van der Waals surface area contributed by atoms with E-state index in [2.05, 4.69) is 22.5 Å². The summed E-state index contributed by atoms with van der Waals surface area (Å²) in [6.07, 6.45) is 7.78. The number of halogens is 1. The predicted octanol–water partition coefficient (Wildman–Crippen LogP) is 2.89. The van der Waals surface area contributed by atoms with Crippen LogP contribution in [0.5, 0.6) is 0 Å². The molecule has 1 N–H and O–H groups in total. The van der Waals surface area contributed by atoms with Crippen molar-refractivity contribution in [1.29, 1.82) is 0 Å². The van der Waals surface area contributed by atoms with E-state index in [-0.39, 0.29) is 17.4 Å². The number of benzene rings is 1. The molecular weight excluding hydrogens is 336 g/mol. The molecule has 25 heavy (non-hydrogen) atoms. The van der Waals surface area contributed by atoms with Gasteiger partial charge in [0.1, 0.15) is 0 Å². The summed E-state index contributed by atoms with van der Waals surface area (Å²) in [4.78, 5) is 14.2. The highest BCUT2D eigenvalue weighted by Crippen LogP contribution is 2.44. The lowest BCUT2D eigenvalue weighted by atomic mass is 9.64. The Labute approximate surface area is 153 Å². The van der Waals surface area contributed by atoms with Gasteiger partial charge in [-0.2, -0.15) is 5.10 Å². The first kappa shape index (κ1) is 16.6. The second-order valence-corrected chi connectivity index (χ2v) is 7.74. The zero-order valence-electron chi connectivity index (χ0n) is 14.4. The topological polar surface area (TPSA) is 50.2 Å². The number of aryl methyl sites for hydroxylation is 1. The maximum Gasteiger partial charge on any atom is 0.228 e. The zero-order chi connectivity index (χ0) is 17.4.